The van der Waals surface area contributed by atoms with E-state index in [0.717, 1.165) is 0 Å². The van der Waals surface area contributed by atoms with Gasteiger partial charge in [0.25, 0.3) is 0 Å². The van der Waals surface area contributed by atoms with Gasteiger partial charge in [0.15, 0.2) is 0 Å². The van der Waals surface area contributed by atoms with Gasteiger partial charge in [-0.15, -0.1) is 0 Å². The van der Waals surface area contributed by atoms with Gasteiger partial charge in [-0.2, -0.15) is 0 Å². The van der Waals surface area contributed by atoms with E-state index in [1.807, 2.05) is 0 Å². The van der Waals surface area contributed by atoms with Gasteiger partial charge in [-0.3, -0.25) is 0 Å². The molecule has 0 atom stereocenters. The van der Waals surface area contributed by atoms with Crippen molar-refractivity contribution in [2.75, 3.05) is 0 Å². The maximum absolute atomic E-state index is 9.59. The first-order valence-corrected chi connectivity index (χ1v) is 2.54. The second-order valence-corrected chi connectivity index (χ2v) is 0. The monoisotopic (exact) mass is 326 g/mol. The summed E-state index contributed by atoms with van der Waals surface area (Å²) in [6.07, 6.45) is 0. The molecule has 0 unspecified atom stereocenters. The summed E-state index contributed by atoms with van der Waals surface area (Å²) in [5.74, 6) is 0. The van der Waals surface area contributed by atoms with Gasteiger partial charge in [0.2, 0.25) is 0 Å². The molecule has 0 aromatic carbocycles. The Kier molecular flexibility index (Phi) is 949. The predicted octanol–water partition coefficient (Wildman–Crippen LogP) is -0.278. The summed E-state index contributed by atoms with van der Waals surface area (Å²) in [6, 6.07) is 0. The summed E-state index contributed by atoms with van der Waals surface area (Å²) in [5.41, 5.74) is 0. The van der Waals surface area contributed by atoms with E-state index in [2.05, 4.69) is 0 Å². The third-order valence-electron chi connectivity index (χ3n) is 0. The Morgan fingerprint density at radius 2 is 0.571 bits per heavy atom. The van der Waals surface area contributed by atoms with Gasteiger partial charge in [-0.05, 0) is 0 Å². The molecule has 0 N–H and O–H groups in total. The van der Waals surface area contributed by atoms with Crippen molar-refractivity contribution in [3.63, 3.8) is 0 Å². The first kappa shape index (κ1) is 40.3. The van der Waals surface area contributed by atoms with Gasteiger partial charge in [-0.25, -0.2) is 0 Å². The zero-order valence-corrected chi connectivity index (χ0v) is 8.69. The molecule has 7 heavy (non-hydrogen) atoms. The average Bonchev–Trinajstić information content (AvgIpc) is 1.50. The Bertz CT molecular complexity index is 10.9. The third kappa shape index (κ3) is 117. The summed E-state index contributed by atoms with van der Waals surface area (Å²) in [7, 11) is 0. The first-order chi connectivity index (χ1) is 2.00. The summed E-state index contributed by atoms with van der Waals surface area (Å²) < 4.78 is 19.2. The fraction of sp³-hybridized carbons (Fsp3) is 0. The fourth-order valence-corrected chi connectivity index (χ4v) is 0. The van der Waals surface area contributed by atoms with E-state index < -0.39 is 0 Å². The maximum atomic E-state index is 9.59. The van der Waals surface area contributed by atoms with Crippen LogP contribution < -0.4 is 0 Å². The average molecular weight is 323 g/mol. The molecule has 0 bridgehead atoms. The molecule has 0 aromatic heterocycles. The molecule has 0 amide bonds. The molecule has 0 fully saturated rings. The largest absolute Gasteiger partial charge is 2.00 e. The molecule has 0 aliphatic rings. The Morgan fingerprint density at radius 3 is 0.571 bits per heavy atom. The van der Waals surface area contributed by atoms with E-state index in [1.54, 1.807) is 0 Å². The second-order valence-electron chi connectivity index (χ2n) is 0. The van der Waals surface area contributed by atoms with Gasteiger partial charge in [0.1, 0.15) is 0 Å². The van der Waals surface area contributed by atoms with Crippen LogP contribution in [0, 0.1) is 0 Å². The van der Waals surface area contributed by atoms with Gasteiger partial charge in [0.05, 0.1) is 0 Å². The molecular weight excluding hydrogens is 323 g/mol. The molecule has 7 heteroatoms. The first-order valence-electron chi connectivity index (χ1n) is 0.378. The third-order valence-corrected chi connectivity index (χ3v) is 0. The molecule has 0 saturated carbocycles. The van der Waals surface area contributed by atoms with Crippen molar-refractivity contribution in [2.45, 2.75) is 0 Å². The van der Waals surface area contributed by atoms with Crippen LogP contribution in [0.5, 0.6) is 0 Å². The van der Waals surface area contributed by atoms with Crippen molar-refractivity contribution in [3.05, 3.63) is 0 Å². The van der Waals surface area contributed by atoms with E-state index in [1.165, 1.54) is 0 Å². The van der Waals surface area contributed by atoms with E-state index in [-0.39, 0.29) is 62.6 Å². The van der Waals surface area contributed by atoms with Gasteiger partial charge in [0, 0.05) is 0 Å². The minimum Gasteiger partial charge on any atom is -2.00 e. The molecule has 0 aliphatic carbocycles. The van der Waals surface area contributed by atoms with Crippen LogP contribution in [-0.2, 0) is 16.4 Å². The number of hydrogen-bond acceptors (Lipinski definition) is 0. The maximum Gasteiger partial charge on any atom is -2.00 e. The summed E-state index contributed by atoms with van der Waals surface area (Å²) >= 11 is 0.100. The molecule has 0 radical (unpaired) electrons. The van der Waals surface area contributed by atoms with Crippen molar-refractivity contribution in [1.29, 1.82) is 0 Å². The molecule has 0 rings (SSSR count). The summed E-state index contributed by atoms with van der Waals surface area (Å²) in [4.78, 5) is 0. The van der Waals surface area contributed by atoms with Crippen molar-refractivity contribution in [2.24, 2.45) is 0 Å². The van der Waals surface area contributed by atoms with Gasteiger partial charge in [-0.1, -0.05) is 0 Å². The number of rotatable bonds is 0. The molecule has 40 valence electrons. The van der Waals surface area contributed by atoms with Crippen LogP contribution in [0.3, 0.4) is 0 Å². The molecule has 0 aromatic rings. The minimum absolute atomic E-state index is 0. The quantitative estimate of drug-likeness (QED) is 0.549. The summed E-state index contributed by atoms with van der Waals surface area (Å²) in [5, 5.41) is 0. The zero-order chi connectivity index (χ0) is 4.00. The Hall–Kier alpha value is 1.34. The Labute approximate surface area is 68.1 Å². The molecule has 3 nitrogen and oxygen atoms in total. The number of hydrogen-bond donors (Lipinski definition) is 0. The van der Waals surface area contributed by atoms with Crippen molar-refractivity contribution < 1.29 is 22.2 Å². The molecule has 0 heterocycles. The molecule has 0 aliphatic heterocycles. The van der Waals surface area contributed by atoms with Crippen LogP contribution in [0.2, 0.25) is 0 Å². The van der Waals surface area contributed by atoms with Crippen molar-refractivity contribution in [1.82, 2.24) is 0 Å². The Morgan fingerprint density at radius 1 is 0.571 bits per heavy atom. The molecule has 0 saturated heterocycles. The summed E-state index contributed by atoms with van der Waals surface area (Å²) in [6.45, 7) is 0. The zero-order valence-electron chi connectivity index (χ0n) is 2.98. The van der Waals surface area contributed by atoms with Crippen molar-refractivity contribution >= 4 is 46.2 Å². The second kappa shape index (κ2) is 165. The van der Waals surface area contributed by atoms with Crippen molar-refractivity contribution in [3.8, 4) is 0 Å². The van der Waals surface area contributed by atoms with E-state index in [4.69, 9.17) is 0 Å². The van der Waals surface area contributed by atoms with E-state index in [0.29, 0.717) is 0 Å². The minimum atomic E-state index is 0. The molecular formula is F2O3Sn2. The van der Waals surface area contributed by atoms with Crippen LogP contribution >= 0.6 is 0 Å². The fourth-order valence-electron chi connectivity index (χ4n) is 0. The van der Waals surface area contributed by atoms with Crippen LogP contribution in [0.25, 0.3) is 0 Å². The van der Waals surface area contributed by atoms with Gasteiger partial charge >= 0.3 is 51.9 Å². The van der Waals surface area contributed by atoms with Crippen LogP contribution in [0.15, 0.2) is 0 Å². The predicted molar refractivity (Wildman–Crippen MR) is 15.8 cm³/mol. The van der Waals surface area contributed by atoms with Gasteiger partial charge < -0.3 is 16.4 Å². The van der Waals surface area contributed by atoms with E-state index in [9.17, 15) is 5.73 Å². The standard InChI is InChI=1S/2FH.3O.2Sn/h2*1H;;;;;/q;;3*-2;2*+4/p-2. The van der Waals surface area contributed by atoms with E-state index >= 15 is 0 Å². The van der Waals surface area contributed by atoms with Crippen LogP contribution in [0.4, 0.5) is 5.73 Å². The topological polar surface area (TPSA) is 85.5 Å². The Balaban J connectivity index is -0.00000000267. The number of halogens is 2. The van der Waals surface area contributed by atoms with Crippen LogP contribution in [0.1, 0.15) is 0 Å². The normalized spacial score (nSPS) is 2.00. The molecule has 0 spiro atoms. The smallest absolute Gasteiger partial charge is 2.00 e. The SMILES string of the molecule is [F][Sn+3].[F][Sn+3].[O-2].[O-2].[O-2]. The van der Waals surface area contributed by atoms with Crippen LogP contribution in [-0.4, -0.2) is 46.2 Å².